The van der Waals surface area contributed by atoms with Gasteiger partial charge in [-0.05, 0) is 46.9 Å². The van der Waals surface area contributed by atoms with Gasteiger partial charge in [0.05, 0.1) is 6.26 Å². The maximum Gasteiger partial charge on any atom is 0.224 e. The molecule has 2 heterocycles. The maximum atomic E-state index is 12.0. The van der Waals surface area contributed by atoms with Gasteiger partial charge in [-0.3, -0.25) is 0 Å². The molecule has 3 aromatic rings. The lowest BCUT2D eigenvalue weighted by Crippen LogP contribution is -2.35. The average Bonchev–Trinajstić information content (AvgIpc) is 2.78. The monoisotopic (exact) mass is 452 g/mol. The minimum absolute atomic E-state index is 0.399. The number of nitrogens with two attached hydrogens (primary N) is 1. The lowest BCUT2D eigenvalue weighted by atomic mass is 9.98. The van der Waals surface area contributed by atoms with E-state index >= 15 is 0 Å². The number of anilines is 3. The van der Waals surface area contributed by atoms with Gasteiger partial charge in [-0.15, -0.1) is 0 Å². The van der Waals surface area contributed by atoms with Crippen LogP contribution in [-0.4, -0.2) is 49.6 Å². The fourth-order valence-corrected chi connectivity index (χ4v) is 4.73. The topological polar surface area (TPSA) is 104 Å². The molecule has 168 valence electrons. The van der Waals surface area contributed by atoms with Crippen LogP contribution in [0.3, 0.4) is 0 Å². The first-order valence-electron chi connectivity index (χ1n) is 10.4. The zero-order chi connectivity index (χ0) is 22.9. The minimum Gasteiger partial charge on any atom is -0.355 e. The average molecular weight is 453 g/mol. The summed E-state index contributed by atoms with van der Waals surface area (Å²) < 4.78 is 25.4. The van der Waals surface area contributed by atoms with Gasteiger partial charge in [0, 0.05) is 63.1 Å². The van der Waals surface area contributed by atoms with Crippen molar-refractivity contribution in [2.45, 2.75) is 19.5 Å². The van der Waals surface area contributed by atoms with Crippen molar-refractivity contribution in [3.63, 3.8) is 0 Å². The number of benzene rings is 2. The maximum absolute atomic E-state index is 12.0. The lowest BCUT2D eigenvalue weighted by molar-refractivity contribution is 0.395. The van der Waals surface area contributed by atoms with Gasteiger partial charge in [-0.2, -0.15) is 4.31 Å². The molecule has 0 unspecified atom stereocenters. The fraction of sp³-hybridized carbons (Fsp3) is 0.304. The summed E-state index contributed by atoms with van der Waals surface area (Å²) in [5.74, 6) is 0.649. The van der Waals surface area contributed by atoms with Gasteiger partial charge in [0.1, 0.15) is 0 Å². The largest absolute Gasteiger partial charge is 0.355 e. The number of fused-ring (bicyclic) bond motifs is 1. The second-order valence-electron chi connectivity index (χ2n) is 8.16. The standard InChI is InChI=1S/C23H28N6O2S/c1-28(2)23-25-13-18(14-26-23)21-11-19(8-7-16(21)12-24)27-22-6-4-5-17-15-29(32(3,30)31)10-9-20(17)22/h4-8,11,13-14,27H,9-10,12,15,24H2,1-3H3. The molecule has 0 aliphatic carbocycles. The Bertz CT molecular complexity index is 1230. The van der Waals surface area contributed by atoms with Crippen LogP contribution < -0.4 is 16.0 Å². The van der Waals surface area contributed by atoms with E-state index in [0.29, 0.717) is 32.0 Å². The smallest absolute Gasteiger partial charge is 0.224 e. The van der Waals surface area contributed by atoms with Crippen LogP contribution in [0.4, 0.5) is 17.3 Å². The Kier molecular flexibility index (Phi) is 6.14. The molecule has 0 amide bonds. The van der Waals surface area contributed by atoms with E-state index in [1.54, 1.807) is 0 Å². The molecule has 1 aliphatic heterocycles. The second-order valence-corrected chi connectivity index (χ2v) is 10.1. The van der Waals surface area contributed by atoms with Gasteiger partial charge in [0.15, 0.2) is 0 Å². The zero-order valence-electron chi connectivity index (χ0n) is 18.5. The van der Waals surface area contributed by atoms with Crippen molar-refractivity contribution in [1.29, 1.82) is 0 Å². The van der Waals surface area contributed by atoms with Crippen LogP contribution in [0.25, 0.3) is 11.1 Å². The first-order chi connectivity index (χ1) is 15.3. The molecule has 3 N–H and O–H groups in total. The Labute approximate surface area is 189 Å². The highest BCUT2D eigenvalue weighted by atomic mass is 32.2. The Morgan fingerprint density at radius 1 is 1.16 bits per heavy atom. The summed E-state index contributed by atoms with van der Waals surface area (Å²) in [5, 5.41) is 3.52. The summed E-state index contributed by atoms with van der Waals surface area (Å²) in [6, 6.07) is 12.0. The summed E-state index contributed by atoms with van der Waals surface area (Å²) >= 11 is 0. The third kappa shape index (κ3) is 4.59. The van der Waals surface area contributed by atoms with E-state index in [0.717, 1.165) is 39.2 Å². The summed E-state index contributed by atoms with van der Waals surface area (Å²) in [4.78, 5) is 10.7. The van der Waals surface area contributed by atoms with Gasteiger partial charge in [0.2, 0.25) is 16.0 Å². The van der Waals surface area contributed by atoms with Crippen molar-refractivity contribution < 1.29 is 8.42 Å². The first kappa shape index (κ1) is 22.2. The predicted octanol–water partition coefficient (Wildman–Crippen LogP) is 2.73. The van der Waals surface area contributed by atoms with Crippen molar-refractivity contribution in [1.82, 2.24) is 14.3 Å². The van der Waals surface area contributed by atoms with E-state index in [1.807, 2.05) is 61.7 Å². The summed E-state index contributed by atoms with van der Waals surface area (Å²) in [5.41, 5.74) is 13.0. The van der Waals surface area contributed by atoms with Gasteiger partial charge in [-0.25, -0.2) is 18.4 Å². The van der Waals surface area contributed by atoms with E-state index in [9.17, 15) is 8.42 Å². The van der Waals surface area contributed by atoms with E-state index < -0.39 is 10.0 Å². The van der Waals surface area contributed by atoms with Crippen molar-refractivity contribution in [2.75, 3.05) is 37.1 Å². The molecule has 2 aromatic carbocycles. The molecule has 0 spiro atoms. The SMILES string of the molecule is CN(C)c1ncc(-c2cc(Nc3cccc4c3CCN(S(C)(=O)=O)C4)ccc2CN)cn1. The van der Waals surface area contributed by atoms with E-state index in [1.165, 1.54) is 10.6 Å². The second kappa shape index (κ2) is 8.85. The molecule has 32 heavy (non-hydrogen) atoms. The van der Waals surface area contributed by atoms with Crippen LogP contribution in [0.2, 0.25) is 0 Å². The fourth-order valence-electron chi connectivity index (χ4n) is 3.93. The van der Waals surface area contributed by atoms with Crippen molar-refractivity contribution in [3.05, 3.63) is 65.5 Å². The highest BCUT2D eigenvalue weighted by Gasteiger charge is 2.24. The molecular weight excluding hydrogens is 424 g/mol. The number of aromatic nitrogens is 2. The normalized spacial score (nSPS) is 14.1. The Morgan fingerprint density at radius 3 is 2.56 bits per heavy atom. The molecule has 9 heteroatoms. The zero-order valence-corrected chi connectivity index (χ0v) is 19.4. The highest BCUT2D eigenvalue weighted by molar-refractivity contribution is 7.88. The van der Waals surface area contributed by atoms with E-state index in [2.05, 4.69) is 21.4 Å². The first-order valence-corrected chi connectivity index (χ1v) is 12.3. The predicted molar refractivity (Wildman–Crippen MR) is 128 cm³/mol. The molecule has 0 atom stereocenters. The molecule has 1 aliphatic rings. The van der Waals surface area contributed by atoms with Crippen molar-refractivity contribution >= 4 is 27.3 Å². The quantitative estimate of drug-likeness (QED) is 0.592. The molecule has 0 saturated heterocycles. The number of nitrogens with one attached hydrogen (secondary N) is 1. The van der Waals surface area contributed by atoms with Crippen LogP contribution in [0, 0.1) is 0 Å². The van der Waals surface area contributed by atoms with Crippen molar-refractivity contribution in [3.8, 4) is 11.1 Å². The van der Waals surface area contributed by atoms with Gasteiger partial charge < -0.3 is 16.0 Å². The minimum atomic E-state index is -3.21. The van der Waals surface area contributed by atoms with Crippen LogP contribution in [0.1, 0.15) is 16.7 Å². The molecule has 0 fully saturated rings. The third-order valence-electron chi connectivity index (χ3n) is 5.66. The molecule has 0 bridgehead atoms. The Morgan fingerprint density at radius 2 is 1.91 bits per heavy atom. The number of nitrogens with zero attached hydrogens (tertiary/aromatic N) is 4. The number of hydrogen-bond donors (Lipinski definition) is 2. The van der Waals surface area contributed by atoms with E-state index in [-0.39, 0.29) is 0 Å². The summed E-state index contributed by atoms with van der Waals surface area (Å²) in [7, 11) is 0.600. The van der Waals surface area contributed by atoms with Crippen LogP contribution in [-0.2, 0) is 29.5 Å². The third-order valence-corrected chi connectivity index (χ3v) is 6.91. The number of sulfonamides is 1. The van der Waals surface area contributed by atoms with Crippen LogP contribution >= 0.6 is 0 Å². The highest BCUT2D eigenvalue weighted by Crippen LogP contribution is 2.32. The van der Waals surface area contributed by atoms with Gasteiger partial charge >= 0.3 is 0 Å². The summed E-state index contributed by atoms with van der Waals surface area (Å²) in [6.07, 6.45) is 5.55. The van der Waals surface area contributed by atoms with Gasteiger partial charge in [-0.1, -0.05) is 18.2 Å². The number of rotatable bonds is 6. The molecule has 0 radical (unpaired) electrons. The molecule has 4 rings (SSSR count). The van der Waals surface area contributed by atoms with Crippen LogP contribution in [0.5, 0.6) is 0 Å². The van der Waals surface area contributed by atoms with E-state index in [4.69, 9.17) is 5.73 Å². The molecular formula is C23H28N6O2S. The Hall–Kier alpha value is -3.01. The van der Waals surface area contributed by atoms with Gasteiger partial charge in [0.25, 0.3) is 0 Å². The summed E-state index contributed by atoms with van der Waals surface area (Å²) in [6.45, 7) is 1.29. The lowest BCUT2D eigenvalue weighted by Gasteiger charge is -2.28. The number of hydrogen-bond acceptors (Lipinski definition) is 7. The Balaban J connectivity index is 1.64. The van der Waals surface area contributed by atoms with Crippen LogP contribution in [0.15, 0.2) is 48.8 Å². The van der Waals surface area contributed by atoms with Crippen molar-refractivity contribution in [2.24, 2.45) is 5.73 Å². The molecule has 0 saturated carbocycles. The molecule has 8 nitrogen and oxygen atoms in total. The molecule has 1 aromatic heterocycles.